The molecule has 8 N–H and O–H groups in total. The van der Waals surface area contributed by atoms with Crippen LogP contribution < -0.4 is 0 Å². The van der Waals surface area contributed by atoms with Gasteiger partial charge in [-0.2, -0.15) is 0 Å². The molecular weight excluding hydrogens is 229 g/mol. The van der Waals surface area contributed by atoms with Crippen molar-refractivity contribution in [2.24, 2.45) is 0 Å². The summed E-state index contributed by atoms with van der Waals surface area (Å²) in [4.78, 5) is 0. The molecule has 0 rings (SSSR count). The van der Waals surface area contributed by atoms with Crippen LogP contribution in [0.15, 0.2) is 0 Å². The summed E-state index contributed by atoms with van der Waals surface area (Å²) in [5.41, 5.74) is 0. The zero-order valence-corrected chi connectivity index (χ0v) is 4.24. The molecule has 4 nitrogen and oxygen atoms in total. The summed E-state index contributed by atoms with van der Waals surface area (Å²) in [6.45, 7) is 0. The van der Waals surface area contributed by atoms with E-state index < -0.39 is 0 Å². The minimum Gasteiger partial charge on any atom is -0.412 e. The molecular formula is H8HoO4. The smallest absolute Gasteiger partial charge is 0 e. The molecule has 43 valence electrons. The Labute approximate surface area is 59.4 Å². The Morgan fingerprint density at radius 1 is 0.400 bits per heavy atom. The second-order valence-electron chi connectivity index (χ2n) is 0. The predicted octanol–water partition coefficient (Wildman–Crippen LogP) is -3.30. The van der Waals surface area contributed by atoms with E-state index in [2.05, 4.69) is 0 Å². The summed E-state index contributed by atoms with van der Waals surface area (Å²) in [5.74, 6) is 0. The normalized spacial score (nSPS) is 0. The van der Waals surface area contributed by atoms with E-state index in [9.17, 15) is 0 Å². The van der Waals surface area contributed by atoms with Crippen LogP contribution in [0.25, 0.3) is 0 Å². The van der Waals surface area contributed by atoms with Crippen LogP contribution in [0, 0.1) is 37.7 Å². The van der Waals surface area contributed by atoms with Gasteiger partial charge in [-0.15, -0.1) is 0 Å². The van der Waals surface area contributed by atoms with Crippen LogP contribution in [-0.4, -0.2) is 21.9 Å². The SMILES string of the molecule is O.O.O.O.[Ho]. The maximum atomic E-state index is 0. The Balaban J connectivity index is 0. The molecule has 0 atom stereocenters. The van der Waals surface area contributed by atoms with Gasteiger partial charge in [-0.05, 0) is 0 Å². The summed E-state index contributed by atoms with van der Waals surface area (Å²) in [7, 11) is 0. The van der Waals surface area contributed by atoms with Gasteiger partial charge in [0, 0.05) is 37.7 Å². The van der Waals surface area contributed by atoms with Crippen molar-refractivity contribution < 1.29 is 59.6 Å². The molecule has 0 bridgehead atoms. The van der Waals surface area contributed by atoms with Gasteiger partial charge in [-0.25, -0.2) is 0 Å². The fourth-order valence-corrected chi connectivity index (χ4v) is 0. The first-order valence-electron chi connectivity index (χ1n) is 0. The largest absolute Gasteiger partial charge is 0.412 e. The maximum Gasteiger partial charge on any atom is 0 e. The molecule has 0 unspecified atom stereocenters. The molecule has 0 aromatic heterocycles. The Morgan fingerprint density at radius 2 is 0.400 bits per heavy atom. The molecule has 0 aliphatic carbocycles. The summed E-state index contributed by atoms with van der Waals surface area (Å²) >= 11 is 0. The fraction of sp³-hybridized carbons (Fsp3) is 0. The molecule has 5 heteroatoms. The number of hydrogen-bond acceptors (Lipinski definition) is 0. The van der Waals surface area contributed by atoms with Crippen molar-refractivity contribution in [3.8, 4) is 0 Å². The topological polar surface area (TPSA) is 126 Å². The van der Waals surface area contributed by atoms with Gasteiger partial charge in [0.15, 0.2) is 0 Å². The first-order chi connectivity index (χ1) is 0. The molecule has 0 saturated carbocycles. The zero-order chi connectivity index (χ0) is 0. The quantitative estimate of drug-likeness (QED) is 0.391. The van der Waals surface area contributed by atoms with Crippen LogP contribution in [0.1, 0.15) is 0 Å². The van der Waals surface area contributed by atoms with Gasteiger partial charge in [0.05, 0.1) is 0 Å². The third kappa shape index (κ3) is 40.5. The Kier molecular flexibility index (Phi) is 1860. The Morgan fingerprint density at radius 3 is 0.400 bits per heavy atom. The zero-order valence-electron chi connectivity index (χ0n) is 2.30. The van der Waals surface area contributed by atoms with Gasteiger partial charge < -0.3 is 21.9 Å². The van der Waals surface area contributed by atoms with Crippen LogP contribution in [0.3, 0.4) is 0 Å². The van der Waals surface area contributed by atoms with E-state index in [0.29, 0.717) is 0 Å². The van der Waals surface area contributed by atoms with Crippen molar-refractivity contribution in [2.45, 2.75) is 0 Å². The molecule has 0 amide bonds. The number of rotatable bonds is 0. The minimum absolute atomic E-state index is 0. The van der Waals surface area contributed by atoms with Crippen molar-refractivity contribution in [1.29, 1.82) is 0 Å². The van der Waals surface area contributed by atoms with Crippen LogP contribution in [0.4, 0.5) is 0 Å². The van der Waals surface area contributed by atoms with Crippen LogP contribution in [-0.2, 0) is 0 Å². The fourth-order valence-electron chi connectivity index (χ4n) is 0. The van der Waals surface area contributed by atoms with Crippen molar-refractivity contribution >= 4 is 0 Å². The van der Waals surface area contributed by atoms with E-state index >= 15 is 0 Å². The van der Waals surface area contributed by atoms with E-state index in [0.717, 1.165) is 0 Å². The van der Waals surface area contributed by atoms with E-state index in [1.54, 1.807) is 0 Å². The Hall–Kier alpha value is 1.10. The molecule has 0 fully saturated rings. The van der Waals surface area contributed by atoms with Crippen molar-refractivity contribution in [1.82, 2.24) is 0 Å². The van der Waals surface area contributed by atoms with E-state index in [-0.39, 0.29) is 59.6 Å². The average molecular weight is 237 g/mol. The molecule has 0 aromatic carbocycles. The van der Waals surface area contributed by atoms with Gasteiger partial charge >= 0.3 is 0 Å². The maximum absolute atomic E-state index is 0. The summed E-state index contributed by atoms with van der Waals surface area (Å²) < 4.78 is 0. The molecule has 0 spiro atoms. The molecule has 0 aromatic rings. The third-order valence-electron chi connectivity index (χ3n) is 0. The Bertz CT molecular complexity index is 3.61. The standard InChI is InChI=1S/Ho.4H2O/h;4*1H2. The second kappa shape index (κ2) is 70.9. The number of hydrogen-bond donors (Lipinski definition) is 0. The van der Waals surface area contributed by atoms with Crippen molar-refractivity contribution in [2.75, 3.05) is 0 Å². The van der Waals surface area contributed by atoms with Gasteiger partial charge in [-0.1, -0.05) is 0 Å². The van der Waals surface area contributed by atoms with E-state index in [1.165, 1.54) is 0 Å². The minimum atomic E-state index is 0. The van der Waals surface area contributed by atoms with Crippen LogP contribution in [0.5, 0.6) is 0 Å². The molecule has 1 radical (unpaired) electrons. The monoisotopic (exact) mass is 237 g/mol. The first-order valence-corrected chi connectivity index (χ1v) is 0. The van der Waals surface area contributed by atoms with Crippen LogP contribution in [0.2, 0.25) is 0 Å². The predicted molar refractivity (Wildman–Crippen MR) is 14.5 cm³/mol. The van der Waals surface area contributed by atoms with Crippen molar-refractivity contribution in [3.05, 3.63) is 0 Å². The first kappa shape index (κ1) is 131. The summed E-state index contributed by atoms with van der Waals surface area (Å²) in [6, 6.07) is 0. The van der Waals surface area contributed by atoms with E-state index in [1.807, 2.05) is 0 Å². The van der Waals surface area contributed by atoms with Gasteiger partial charge in [-0.3, -0.25) is 0 Å². The molecule has 5 heavy (non-hydrogen) atoms. The second-order valence-corrected chi connectivity index (χ2v) is 0. The van der Waals surface area contributed by atoms with Gasteiger partial charge in [0.25, 0.3) is 0 Å². The van der Waals surface area contributed by atoms with Gasteiger partial charge in [0.1, 0.15) is 0 Å². The average Bonchev–Trinajstić information content (AvgIpc) is 0. The molecule has 0 aliphatic rings. The third-order valence-corrected chi connectivity index (χ3v) is 0. The summed E-state index contributed by atoms with van der Waals surface area (Å²) in [6.07, 6.45) is 0. The van der Waals surface area contributed by atoms with E-state index in [4.69, 9.17) is 0 Å². The molecule has 0 aliphatic heterocycles. The van der Waals surface area contributed by atoms with Gasteiger partial charge in [0.2, 0.25) is 0 Å². The van der Waals surface area contributed by atoms with Crippen LogP contribution >= 0.6 is 0 Å². The summed E-state index contributed by atoms with van der Waals surface area (Å²) in [5, 5.41) is 0. The molecule has 0 saturated heterocycles. The van der Waals surface area contributed by atoms with Crippen molar-refractivity contribution in [3.63, 3.8) is 0 Å². The molecule has 0 heterocycles.